The molecule has 19 heavy (non-hydrogen) atoms. The first-order valence-corrected chi connectivity index (χ1v) is 6.95. The fourth-order valence-electron chi connectivity index (χ4n) is 1.88. The quantitative estimate of drug-likeness (QED) is 0.848. The minimum absolute atomic E-state index is 0.407. The van der Waals surface area contributed by atoms with Crippen LogP contribution < -0.4 is 5.32 Å². The Kier molecular flexibility index (Phi) is 4.47. The van der Waals surface area contributed by atoms with Crippen LogP contribution in [0.15, 0.2) is 46.9 Å². The Bertz CT molecular complexity index is 634. The summed E-state index contributed by atoms with van der Waals surface area (Å²) < 4.78 is 0.932. The Balaban J connectivity index is 2.31. The van der Waals surface area contributed by atoms with E-state index in [1.54, 1.807) is 6.07 Å². The van der Waals surface area contributed by atoms with E-state index < -0.39 is 6.04 Å². The van der Waals surface area contributed by atoms with Crippen LogP contribution in [0.3, 0.4) is 0 Å². The summed E-state index contributed by atoms with van der Waals surface area (Å²) in [6.07, 6.45) is 0. The van der Waals surface area contributed by atoms with Crippen LogP contribution in [0.25, 0.3) is 0 Å². The van der Waals surface area contributed by atoms with E-state index in [0.717, 1.165) is 21.3 Å². The Morgan fingerprint density at radius 3 is 2.63 bits per heavy atom. The number of nitriles is 1. The highest BCUT2D eigenvalue weighted by atomic mass is 79.9. The predicted octanol–water partition coefficient (Wildman–Crippen LogP) is 5.09. The number of benzene rings is 2. The molecule has 0 spiro atoms. The molecule has 0 aromatic heterocycles. The molecule has 1 unspecified atom stereocenters. The number of halogens is 2. The van der Waals surface area contributed by atoms with Gasteiger partial charge in [-0.25, -0.2) is 0 Å². The first kappa shape index (κ1) is 13.9. The monoisotopic (exact) mass is 334 g/mol. The maximum atomic E-state index is 9.36. The molecule has 4 heteroatoms. The van der Waals surface area contributed by atoms with Gasteiger partial charge in [-0.1, -0.05) is 29.8 Å². The largest absolute Gasteiger partial charge is 0.365 e. The second-order valence-corrected chi connectivity index (χ2v) is 5.48. The molecule has 0 fully saturated rings. The number of para-hydroxylation sites is 1. The van der Waals surface area contributed by atoms with E-state index >= 15 is 0 Å². The van der Waals surface area contributed by atoms with Gasteiger partial charge in [0.25, 0.3) is 0 Å². The standard InChI is InChI=1S/C15H12BrClN2/c1-10-8-11(17)6-7-12(10)15(9-18)19-14-5-3-2-4-13(14)16/h2-8,15,19H,1H3. The van der Waals surface area contributed by atoms with Gasteiger partial charge in [0, 0.05) is 15.2 Å². The van der Waals surface area contributed by atoms with E-state index in [1.807, 2.05) is 43.3 Å². The van der Waals surface area contributed by atoms with Crippen LogP contribution in [0.5, 0.6) is 0 Å². The van der Waals surface area contributed by atoms with Gasteiger partial charge in [-0.05, 0) is 58.2 Å². The van der Waals surface area contributed by atoms with Gasteiger partial charge in [-0.15, -0.1) is 0 Å². The van der Waals surface area contributed by atoms with E-state index in [1.165, 1.54) is 0 Å². The van der Waals surface area contributed by atoms with Gasteiger partial charge in [0.2, 0.25) is 0 Å². The Morgan fingerprint density at radius 1 is 1.26 bits per heavy atom. The number of hydrogen-bond donors (Lipinski definition) is 1. The number of hydrogen-bond acceptors (Lipinski definition) is 2. The summed E-state index contributed by atoms with van der Waals surface area (Å²) in [7, 11) is 0. The van der Waals surface area contributed by atoms with Crippen LogP contribution >= 0.6 is 27.5 Å². The molecule has 0 radical (unpaired) electrons. The molecule has 0 amide bonds. The van der Waals surface area contributed by atoms with Gasteiger partial charge in [-0.2, -0.15) is 5.26 Å². The lowest BCUT2D eigenvalue weighted by Gasteiger charge is -2.16. The highest BCUT2D eigenvalue weighted by Gasteiger charge is 2.14. The number of rotatable bonds is 3. The van der Waals surface area contributed by atoms with Crippen LogP contribution in [0.4, 0.5) is 5.69 Å². The maximum Gasteiger partial charge on any atom is 0.140 e. The molecule has 2 nitrogen and oxygen atoms in total. The van der Waals surface area contributed by atoms with Gasteiger partial charge >= 0.3 is 0 Å². The molecule has 1 atom stereocenters. The third-order valence-electron chi connectivity index (χ3n) is 2.85. The normalized spacial score (nSPS) is 11.7. The zero-order chi connectivity index (χ0) is 13.8. The summed E-state index contributed by atoms with van der Waals surface area (Å²) in [4.78, 5) is 0. The van der Waals surface area contributed by atoms with E-state index in [2.05, 4.69) is 27.3 Å². The second kappa shape index (κ2) is 6.10. The van der Waals surface area contributed by atoms with Crippen LogP contribution in [-0.4, -0.2) is 0 Å². The number of nitrogens with zero attached hydrogens (tertiary/aromatic N) is 1. The number of nitrogens with one attached hydrogen (secondary N) is 1. The van der Waals surface area contributed by atoms with Gasteiger partial charge in [-0.3, -0.25) is 0 Å². The summed E-state index contributed by atoms with van der Waals surface area (Å²) in [5, 5.41) is 13.3. The minimum Gasteiger partial charge on any atom is -0.365 e. The van der Waals surface area contributed by atoms with Crippen LogP contribution in [0.2, 0.25) is 5.02 Å². The Morgan fingerprint density at radius 2 is 2.00 bits per heavy atom. The first-order chi connectivity index (χ1) is 9.11. The SMILES string of the molecule is Cc1cc(Cl)ccc1C(C#N)Nc1ccccc1Br. The number of anilines is 1. The van der Waals surface area contributed by atoms with Gasteiger partial charge in [0.05, 0.1) is 6.07 Å². The smallest absolute Gasteiger partial charge is 0.140 e. The lowest BCUT2D eigenvalue weighted by atomic mass is 10.0. The molecule has 0 aliphatic heterocycles. The molecular formula is C15H12BrClN2. The van der Waals surface area contributed by atoms with E-state index in [9.17, 15) is 5.26 Å². The van der Waals surface area contributed by atoms with Crippen molar-refractivity contribution in [3.63, 3.8) is 0 Å². The molecule has 1 N–H and O–H groups in total. The fourth-order valence-corrected chi connectivity index (χ4v) is 2.50. The van der Waals surface area contributed by atoms with Crippen molar-refractivity contribution in [2.45, 2.75) is 13.0 Å². The summed E-state index contributed by atoms with van der Waals surface area (Å²) in [6.45, 7) is 1.95. The zero-order valence-electron chi connectivity index (χ0n) is 10.3. The Labute approximate surface area is 126 Å². The number of aryl methyl sites for hydroxylation is 1. The van der Waals surface area contributed by atoms with Crippen LogP contribution in [0, 0.1) is 18.3 Å². The van der Waals surface area contributed by atoms with E-state index in [0.29, 0.717) is 5.02 Å². The highest BCUT2D eigenvalue weighted by Crippen LogP contribution is 2.28. The van der Waals surface area contributed by atoms with Crippen molar-refractivity contribution in [2.75, 3.05) is 5.32 Å². The lowest BCUT2D eigenvalue weighted by molar-refractivity contribution is 0.980. The van der Waals surface area contributed by atoms with Crippen LogP contribution in [-0.2, 0) is 0 Å². The molecule has 0 aliphatic carbocycles. The van der Waals surface area contributed by atoms with Gasteiger partial charge < -0.3 is 5.32 Å². The van der Waals surface area contributed by atoms with Crippen molar-refractivity contribution in [1.82, 2.24) is 0 Å². The first-order valence-electron chi connectivity index (χ1n) is 5.78. The third kappa shape index (κ3) is 3.28. The molecule has 2 rings (SSSR count). The van der Waals surface area contributed by atoms with Crippen molar-refractivity contribution in [3.8, 4) is 6.07 Å². The van der Waals surface area contributed by atoms with Crippen LogP contribution in [0.1, 0.15) is 17.2 Å². The van der Waals surface area contributed by atoms with Crippen molar-refractivity contribution in [3.05, 3.63) is 63.1 Å². The molecule has 0 saturated heterocycles. The molecule has 96 valence electrons. The third-order valence-corrected chi connectivity index (χ3v) is 3.77. The summed E-state index contributed by atoms with van der Waals surface area (Å²) >= 11 is 9.40. The lowest BCUT2D eigenvalue weighted by Crippen LogP contribution is -2.10. The maximum absolute atomic E-state index is 9.36. The van der Waals surface area contributed by atoms with Crippen molar-refractivity contribution in [2.24, 2.45) is 0 Å². The van der Waals surface area contributed by atoms with Gasteiger partial charge in [0.15, 0.2) is 0 Å². The summed E-state index contributed by atoms with van der Waals surface area (Å²) in [6, 6.07) is 15.2. The average molecular weight is 336 g/mol. The molecule has 0 heterocycles. The molecule has 0 saturated carbocycles. The van der Waals surface area contributed by atoms with Gasteiger partial charge in [0.1, 0.15) is 6.04 Å². The molecule has 2 aromatic rings. The molecule has 0 aliphatic rings. The minimum atomic E-state index is -0.407. The van der Waals surface area contributed by atoms with Crippen molar-refractivity contribution < 1.29 is 0 Å². The van der Waals surface area contributed by atoms with Crippen molar-refractivity contribution in [1.29, 1.82) is 5.26 Å². The fraction of sp³-hybridized carbons (Fsp3) is 0.133. The molecular weight excluding hydrogens is 324 g/mol. The predicted molar refractivity (Wildman–Crippen MR) is 82.3 cm³/mol. The summed E-state index contributed by atoms with van der Waals surface area (Å²) in [5.74, 6) is 0. The topological polar surface area (TPSA) is 35.8 Å². The summed E-state index contributed by atoms with van der Waals surface area (Å²) in [5.41, 5.74) is 2.82. The Hall–Kier alpha value is -1.50. The molecule has 0 bridgehead atoms. The van der Waals surface area contributed by atoms with E-state index in [-0.39, 0.29) is 0 Å². The average Bonchev–Trinajstić information content (AvgIpc) is 2.39. The highest BCUT2D eigenvalue weighted by molar-refractivity contribution is 9.10. The zero-order valence-corrected chi connectivity index (χ0v) is 12.7. The molecule has 2 aromatic carbocycles. The van der Waals surface area contributed by atoms with E-state index in [4.69, 9.17) is 11.6 Å². The van der Waals surface area contributed by atoms with Crippen molar-refractivity contribution >= 4 is 33.2 Å². The second-order valence-electron chi connectivity index (χ2n) is 4.19.